The number of hydrogen-bond donors (Lipinski definition) is 0. The average Bonchev–Trinajstić information content (AvgIpc) is 2.25. The molecule has 76 valence electrons. The minimum Gasteiger partial charge on any atom is -0.494 e. The molecule has 0 radical (unpaired) electrons. The molecular weight excluding hydrogens is 180 g/mol. The quantitative estimate of drug-likeness (QED) is 0.512. The molecular formula is C11H14O3. The average molecular weight is 194 g/mol. The van der Waals surface area contributed by atoms with E-state index in [4.69, 9.17) is 9.47 Å². The van der Waals surface area contributed by atoms with Gasteiger partial charge < -0.3 is 9.47 Å². The molecule has 0 amide bonds. The van der Waals surface area contributed by atoms with Gasteiger partial charge >= 0.3 is 0 Å². The summed E-state index contributed by atoms with van der Waals surface area (Å²) < 4.78 is 10.3. The van der Waals surface area contributed by atoms with Gasteiger partial charge in [0, 0.05) is 25.7 Å². The predicted octanol–water partition coefficient (Wildman–Crippen LogP) is 1.91. The lowest BCUT2D eigenvalue weighted by molar-refractivity contribution is 0.112. The summed E-state index contributed by atoms with van der Waals surface area (Å²) >= 11 is 0. The van der Waals surface area contributed by atoms with E-state index in [1.165, 1.54) is 0 Å². The zero-order valence-electron chi connectivity index (χ0n) is 8.23. The number of hydrogen-bond acceptors (Lipinski definition) is 3. The Labute approximate surface area is 83.6 Å². The molecule has 14 heavy (non-hydrogen) atoms. The molecule has 0 saturated carbocycles. The summed E-state index contributed by atoms with van der Waals surface area (Å²) in [6.07, 6.45) is 1.68. The SMILES string of the molecule is COCCCOc1ccc(C=O)cc1. The van der Waals surface area contributed by atoms with E-state index in [2.05, 4.69) is 0 Å². The second-order valence-electron chi connectivity index (χ2n) is 2.88. The second kappa shape index (κ2) is 6.16. The Morgan fingerprint density at radius 1 is 1.21 bits per heavy atom. The number of carbonyl (C=O) groups is 1. The van der Waals surface area contributed by atoms with Crippen LogP contribution >= 0.6 is 0 Å². The fourth-order valence-electron chi connectivity index (χ4n) is 1.04. The fraction of sp³-hybridized carbons (Fsp3) is 0.364. The van der Waals surface area contributed by atoms with Gasteiger partial charge in [-0.2, -0.15) is 0 Å². The topological polar surface area (TPSA) is 35.5 Å². The Bertz CT molecular complexity index is 266. The summed E-state index contributed by atoms with van der Waals surface area (Å²) in [4.78, 5) is 10.4. The molecule has 1 aromatic carbocycles. The maximum atomic E-state index is 10.4. The normalized spacial score (nSPS) is 9.79. The molecule has 0 aliphatic carbocycles. The molecule has 0 fully saturated rings. The van der Waals surface area contributed by atoms with Crippen molar-refractivity contribution in [3.8, 4) is 5.75 Å². The van der Waals surface area contributed by atoms with Crippen molar-refractivity contribution in [2.75, 3.05) is 20.3 Å². The van der Waals surface area contributed by atoms with Crippen LogP contribution in [0.3, 0.4) is 0 Å². The largest absolute Gasteiger partial charge is 0.494 e. The molecule has 0 saturated heterocycles. The molecule has 1 aromatic rings. The van der Waals surface area contributed by atoms with Crippen molar-refractivity contribution < 1.29 is 14.3 Å². The number of carbonyl (C=O) groups excluding carboxylic acids is 1. The van der Waals surface area contributed by atoms with Crippen molar-refractivity contribution in [3.63, 3.8) is 0 Å². The molecule has 0 heterocycles. The zero-order valence-corrected chi connectivity index (χ0v) is 8.23. The van der Waals surface area contributed by atoms with Crippen LogP contribution < -0.4 is 4.74 Å². The number of rotatable bonds is 6. The van der Waals surface area contributed by atoms with Crippen LogP contribution in [-0.2, 0) is 4.74 Å². The van der Waals surface area contributed by atoms with Crippen LogP contribution in [0.5, 0.6) is 5.75 Å². The Morgan fingerprint density at radius 2 is 1.93 bits per heavy atom. The first-order chi connectivity index (χ1) is 6.86. The van der Waals surface area contributed by atoms with E-state index in [-0.39, 0.29) is 0 Å². The minimum absolute atomic E-state index is 0.633. The number of aldehydes is 1. The van der Waals surface area contributed by atoms with Crippen LogP contribution in [0.2, 0.25) is 0 Å². The molecule has 0 bridgehead atoms. The first kappa shape index (κ1) is 10.7. The highest BCUT2D eigenvalue weighted by Crippen LogP contribution is 2.10. The summed E-state index contributed by atoms with van der Waals surface area (Å²) in [5.74, 6) is 0.784. The maximum Gasteiger partial charge on any atom is 0.150 e. The molecule has 0 aliphatic heterocycles. The van der Waals surface area contributed by atoms with Crippen molar-refractivity contribution in [2.24, 2.45) is 0 Å². The number of benzene rings is 1. The number of ether oxygens (including phenoxy) is 2. The van der Waals surface area contributed by atoms with Crippen molar-refractivity contribution in [1.82, 2.24) is 0 Å². The Balaban J connectivity index is 2.32. The van der Waals surface area contributed by atoms with E-state index in [0.717, 1.165) is 18.5 Å². The monoisotopic (exact) mass is 194 g/mol. The third-order valence-corrected chi connectivity index (χ3v) is 1.78. The number of methoxy groups -OCH3 is 1. The van der Waals surface area contributed by atoms with Gasteiger partial charge in [-0.25, -0.2) is 0 Å². The van der Waals surface area contributed by atoms with E-state index >= 15 is 0 Å². The van der Waals surface area contributed by atoms with E-state index in [9.17, 15) is 4.79 Å². The van der Waals surface area contributed by atoms with Gasteiger partial charge in [0.15, 0.2) is 0 Å². The van der Waals surface area contributed by atoms with Crippen molar-refractivity contribution in [2.45, 2.75) is 6.42 Å². The molecule has 3 heteroatoms. The predicted molar refractivity (Wildman–Crippen MR) is 53.8 cm³/mol. The standard InChI is InChI=1S/C11H14O3/c1-13-7-2-8-14-11-5-3-10(9-12)4-6-11/h3-6,9H,2,7-8H2,1H3. The van der Waals surface area contributed by atoms with Crippen LogP contribution in [0, 0.1) is 0 Å². The highest BCUT2D eigenvalue weighted by Gasteiger charge is 1.94. The lowest BCUT2D eigenvalue weighted by Crippen LogP contribution is -2.01. The second-order valence-corrected chi connectivity index (χ2v) is 2.88. The van der Waals surface area contributed by atoms with Gasteiger partial charge in [-0.3, -0.25) is 4.79 Å². The molecule has 0 unspecified atom stereocenters. The van der Waals surface area contributed by atoms with E-state index in [1.54, 1.807) is 31.4 Å². The summed E-state index contributed by atoms with van der Waals surface area (Å²) in [6, 6.07) is 7.05. The Morgan fingerprint density at radius 3 is 2.50 bits per heavy atom. The van der Waals surface area contributed by atoms with Gasteiger partial charge in [-0.15, -0.1) is 0 Å². The molecule has 3 nitrogen and oxygen atoms in total. The lowest BCUT2D eigenvalue weighted by atomic mass is 10.2. The van der Waals surface area contributed by atoms with Gasteiger partial charge in [0.25, 0.3) is 0 Å². The summed E-state index contributed by atoms with van der Waals surface area (Å²) in [7, 11) is 1.67. The van der Waals surface area contributed by atoms with Gasteiger partial charge in [-0.05, 0) is 24.3 Å². The van der Waals surface area contributed by atoms with Crippen LogP contribution in [0.15, 0.2) is 24.3 Å². The third kappa shape index (κ3) is 3.58. The first-order valence-electron chi connectivity index (χ1n) is 4.54. The highest BCUT2D eigenvalue weighted by molar-refractivity contribution is 5.74. The zero-order chi connectivity index (χ0) is 10.2. The molecule has 1 rings (SSSR count). The van der Waals surface area contributed by atoms with Crippen LogP contribution in [-0.4, -0.2) is 26.6 Å². The summed E-state index contributed by atoms with van der Waals surface area (Å²) in [5, 5.41) is 0. The lowest BCUT2D eigenvalue weighted by Gasteiger charge is -2.05. The van der Waals surface area contributed by atoms with Gasteiger partial charge in [0.2, 0.25) is 0 Å². The van der Waals surface area contributed by atoms with Gasteiger partial charge in [-0.1, -0.05) is 0 Å². The molecule has 0 atom stereocenters. The van der Waals surface area contributed by atoms with Crippen molar-refractivity contribution in [1.29, 1.82) is 0 Å². The van der Waals surface area contributed by atoms with E-state index in [1.807, 2.05) is 0 Å². The molecule has 0 aromatic heterocycles. The van der Waals surface area contributed by atoms with Crippen LogP contribution in [0.25, 0.3) is 0 Å². The van der Waals surface area contributed by atoms with Crippen molar-refractivity contribution >= 4 is 6.29 Å². The van der Waals surface area contributed by atoms with E-state index in [0.29, 0.717) is 18.8 Å². The van der Waals surface area contributed by atoms with Gasteiger partial charge in [0.1, 0.15) is 12.0 Å². The van der Waals surface area contributed by atoms with Gasteiger partial charge in [0.05, 0.1) is 6.61 Å². The maximum absolute atomic E-state index is 10.4. The first-order valence-corrected chi connectivity index (χ1v) is 4.54. The van der Waals surface area contributed by atoms with Crippen LogP contribution in [0.1, 0.15) is 16.8 Å². The van der Waals surface area contributed by atoms with E-state index < -0.39 is 0 Å². The summed E-state index contributed by atoms with van der Waals surface area (Å²) in [5.41, 5.74) is 0.661. The Hall–Kier alpha value is -1.35. The summed E-state index contributed by atoms with van der Waals surface area (Å²) in [6.45, 7) is 1.33. The molecule has 0 N–H and O–H groups in total. The minimum atomic E-state index is 0.633. The third-order valence-electron chi connectivity index (χ3n) is 1.78. The molecule has 0 spiro atoms. The smallest absolute Gasteiger partial charge is 0.150 e. The fourth-order valence-corrected chi connectivity index (χ4v) is 1.04. The van der Waals surface area contributed by atoms with Crippen molar-refractivity contribution in [3.05, 3.63) is 29.8 Å². The highest BCUT2D eigenvalue weighted by atomic mass is 16.5. The Kier molecular flexibility index (Phi) is 4.72. The van der Waals surface area contributed by atoms with Crippen LogP contribution in [0.4, 0.5) is 0 Å². The molecule has 0 aliphatic rings.